The monoisotopic (exact) mass is 304 g/mol. The van der Waals surface area contributed by atoms with Crippen LogP contribution in [0.25, 0.3) is 0 Å². The molecule has 0 spiro atoms. The van der Waals surface area contributed by atoms with E-state index in [-0.39, 0.29) is 17.0 Å². The van der Waals surface area contributed by atoms with E-state index in [1.54, 1.807) is 6.92 Å². The van der Waals surface area contributed by atoms with E-state index in [9.17, 15) is 19.8 Å². The first kappa shape index (κ1) is 14.7. The Morgan fingerprint density at radius 1 is 1.63 bits per heavy atom. The number of fused-ring (bicyclic) bond motifs is 1. The van der Waals surface area contributed by atoms with Gasteiger partial charge in [-0.2, -0.15) is 0 Å². The van der Waals surface area contributed by atoms with Crippen molar-refractivity contribution in [1.29, 1.82) is 0 Å². The lowest BCUT2D eigenvalue weighted by Gasteiger charge is -2.43. The van der Waals surface area contributed by atoms with Crippen LogP contribution >= 0.6 is 23.5 Å². The van der Waals surface area contributed by atoms with Crippen molar-refractivity contribution in [1.82, 2.24) is 10.2 Å². The van der Waals surface area contributed by atoms with Gasteiger partial charge in [0.25, 0.3) is 0 Å². The highest BCUT2D eigenvalue weighted by Crippen LogP contribution is 2.53. The van der Waals surface area contributed by atoms with Crippen molar-refractivity contribution < 1.29 is 19.8 Å². The molecule has 1 fully saturated rings. The van der Waals surface area contributed by atoms with Crippen LogP contribution in [0.1, 0.15) is 6.92 Å². The predicted molar refractivity (Wildman–Crippen MR) is 74.4 cm³/mol. The molecular formula is C11H16N2O4S2. The van der Waals surface area contributed by atoms with Crippen LogP contribution < -0.4 is 5.32 Å². The molecule has 1 amide bonds. The number of thioether (sulfide) groups is 2. The maximum atomic E-state index is 11.9. The third-order valence-corrected chi connectivity index (χ3v) is 5.71. The molecule has 8 heteroatoms. The van der Waals surface area contributed by atoms with Crippen molar-refractivity contribution in [2.75, 3.05) is 19.3 Å². The normalized spacial score (nSPS) is 27.3. The lowest BCUT2D eigenvalue weighted by Crippen LogP contribution is -2.60. The van der Waals surface area contributed by atoms with Gasteiger partial charge in [0.2, 0.25) is 5.91 Å². The zero-order valence-electron chi connectivity index (χ0n) is 10.6. The number of rotatable bonds is 6. The Bertz CT molecular complexity index is 438. The Morgan fingerprint density at radius 3 is 2.84 bits per heavy atom. The summed E-state index contributed by atoms with van der Waals surface area (Å²) in [5.74, 6) is -1.14. The van der Waals surface area contributed by atoms with Gasteiger partial charge in [-0.05, 0) is 14.0 Å². The number of aliphatic hydroxyl groups excluding tert-OH is 1. The summed E-state index contributed by atoms with van der Waals surface area (Å²) in [6.07, 6.45) is -0.752. The molecule has 19 heavy (non-hydrogen) atoms. The number of aliphatic hydroxyl groups is 1. The number of nitrogens with zero attached hydrogens (tertiary/aromatic N) is 1. The smallest absolute Gasteiger partial charge is 0.354 e. The topological polar surface area (TPSA) is 89.9 Å². The molecule has 2 aliphatic rings. The molecule has 0 aliphatic carbocycles. The van der Waals surface area contributed by atoms with Crippen molar-refractivity contribution in [3.8, 4) is 0 Å². The van der Waals surface area contributed by atoms with Crippen LogP contribution in [0.4, 0.5) is 0 Å². The molecule has 3 atom stereocenters. The molecule has 2 heterocycles. The number of hydrogen-bond acceptors (Lipinski definition) is 6. The molecular weight excluding hydrogens is 288 g/mol. The molecule has 0 aromatic rings. The number of amides is 1. The fourth-order valence-corrected chi connectivity index (χ4v) is 5.05. The highest BCUT2D eigenvalue weighted by Gasteiger charge is 2.57. The van der Waals surface area contributed by atoms with Gasteiger partial charge in [-0.15, -0.1) is 11.8 Å². The summed E-state index contributed by atoms with van der Waals surface area (Å²) in [7, 11) is 1.83. The van der Waals surface area contributed by atoms with Gasteiger partial charge in [-0.3, -0.25) is 9.69 Å². The van der Waals surface area contributed by atoms with Gasteiger partial charge in [0.15, 0.2) is 5.70 Å². The SMILES string of the molecule is CNCCSC1=C(C(=O)O)N2C(=O)[C@H](C(C)O)[C@H]2S1. The summed E-state index contributed by atoms with van der Waals surface area (Å²) in [6.45, 7) is 2.33. The van der Waals surface area contributed by atoms with Gasteiger partial charge < -0.3 is 15.5 Å². The van der Waals surface area contributed by atoms with E-state index in [0.29, 0.717) is 4.24 Å². The highest BCUT2D eigenvalue weighted by molar-refractivity contribution is 8.22. The molecule has 2 aliphatic heterocycles. The Balaban J connectivity index is 2.14. The third-order valence-electron chi connectivity index (χ3n) is 3.05. The van der Waals surface area contributed by atoms with Gasteiger partial charge in [-0.1, -0.05) is 11.8 Å². The number of β-lactam (4-membered cyclic amide) rings is 1. The second-order valence-corrected chi connectivity index (χ2v) is 6.87. The summed E-state index contributed by atoms with van der Waals surface area (Å²) in [5.41, 5.74) is 0.0676. The number of carboxylic acids is 1. The number of nitrogens with one attached hydrogen (secondary N) is 1. The van der Waals surface area contributed by atoms with Crippen LogP contribution in [0, 0.1) is 5.92 Å². The lowest BCUT2D eigenvalue weighted by molar-refractivity contribution is -0.156. The van der Waals surface area contributed by atoms with E-state index >= 15 is 0 Å². The van der Waals surface area contributed by atoms with Crippen LogP contribution in [0.2, 0.25) is 0 Å². The van der Waals surface area contributed by atoms with E-state index in [1.165, 1.54) is 28.4 Å². The predicted octanol–water partition coefficient (Wildman–Crippen LogP) is 0.105. The molecule has 1 unspecified atom stereocenters. The Kier molecular flexibility index (Phi) is 4.44. The number of aliphatic carboxylic acids is 1. The summed E-state index contributed by atoms with van der Waals surface area (Å²) in [4.78, 5) is 24.5. The average Bonchev–Trinajstić information content (AvgIpc) is 2.64. The van der Waals surface area contributed by atoms with E-state index in [4.69, 9.17) is 0 Å². The number of hydrogen-bond donors (Lipinski definition) is 3. The van der Waals surface area contributed by atoms with Crippen molar-refractivity contribution in [2.45, 2.75) is 18.4 Å². The van der Waals surface area contributed by atoms with Gasteiger partial charge in [0.05, 0.1) is 16.3 Å². The minimum atomic E-state index is -1.08. The number of carboxylic acid groups (broad SMARTS) is 1. The van der Waals surface area contributed by atoms with Crippen molar-refractivity contribution in [2.24, 2.45) is 5.92 Å². The molecule has 1 saturated heterocycles. The lowest BCUT2D eigenvalue weighted by atomic mass is 9.92. The van der Waals surface area contributed by atoms with Crippen molar-refractivity contribution >= 4 is 35.4 Å². The van der Waals surface area contributed by atoms with Crippen LogP contribution in [-0.4, -0.2) is 57.8 Å². The van der Waals surface area contributed by atoms with E-state index in [1.807, 2.05) is 7.05 Å². The third kappa shape index (κ3) is 2.49. The molecule has 2 rings (SSSR count). The van der Waals surface area contributed by atoms with Gasteiger partial charge in [0.1, 0.15) is 5.37 Å². The number of carbonyl (C=O) groups excluding carboxylic acids is 1. The molecule has 0 radical (unpaired) electrons. The maximum absolute atomic E-state index is 11.9. The molecule has 3 N–H and O–H groups in total. The molecule has 6 nitrogen and oxygen atoms in total. The van der Waals surface area contributed by atoms with Crippen molar-refractivity contribution in [3.05, 3.63) is 9.93 Å². The molecule has 106 valence electrons. The average molecular weight is 304 g/mol. The Hall–Kier alpha value is -0.700. The molecule has 0 aromatic carbocycles. The first-order chi connectivity index (χ1) is 8.99. The Labute approximate surface area is 119 Å². The quantitative estimate of drug-likeness (QED) is 0.474. The largest absolute Gasteiger partial charge is 0.477 e. The zero-order chi connectivity index (χ0) is 14.2. The summed E-state index contributed by atoms with van der Waals surface area (Å²) in [6, 6.07) is 0. The molecule has 0 saturated carbocycles. The molecule has 0 bridgehead atoms. The first-order valence-electron chi connectivity index (χ1n) is 5.91. The van der Waals surface area contributed by atoms with E-state index in [2.05, 4.69) is 5.32 Å². The van der Waals surface area contributed by atoms with Crippen LogP contribution in [0.15, 0.2) is 9.93 Å². The van der Waals surface area contributed by atoms with Gasteiger partial charge >= 0.3 is 5.97 Å². The fraction of sp³-hybridized carbons (Fsp3) is 0.636. The zero-order valence-corrected chi connectivity index (χ0v) is 12.3. The van der Waals surface area contributed by atoms with E-state index in [0.717, 1.165) is 12.3 Å². The van der Waals surface area contributed by atoms with E-state index < -0.39 is 18.0 Å². The minimum absolute atomic E-state index is 0.0676. The second kappa shape index (κ2) is 5.74. The summed E-state index contributed by atoms with van der Waals surface area (Å²) < 4.78 is 0.657. The Morgan fingerprint density at radius 2 is 2.32 bits per heavy atom. The van der Waals surface area contributed by atoms with Gasteiger partial charge in [0, 0.05) is 12.3 Å². The van der Waals surface area contributed by atoms with Crippen LogP contribution in [-0.2, 0) is 9.59 Å². The second-order valence-electron chi connectivity index (χ2n) is 4.38. The fourth-order valence-electron chi connectivity index (χ4n) is 2.10. The first-order valence-corrected chi connectivity index (χ1v) is 7.78. The standard InChI is InChI=1S/C11H16N2O4S2/c1-5(14)6-8(15)13-7(10(16)17)11(19-9(6)13)18-4-3-12-2/h5-6,9,12,14H,3-4H2,1-2H3,(H,16,17)/t5?,6-,9+/m0/s1. The molecule has 0 aromatic heterocycles. The highest BCUT2D eigenvalue weighted by atomic mass is 32.2. The number of carbonyl (C=O) groups is 2. The summed E-state index contributed by atoms with van der Waals surface area (Å²) in [5, 5.41) is 21.5. The van der Waals surface area contributed by atoms with Gasteiger partial charge in [-0.25, -0.2) is 4.79 Å². The maximum Gasteiger partial charge on any atom is 0.354 e. The van der Waals surface area contributed by atoms with Crippen molar-refractivity contribution in [3.63, 3.8) is 0 Å². The summed E-state index contributed by atoms with van der Waals surface area (Å²) >= 11 is 2.80. The minimum Gasteiger partial charge on any atom is -0.477 e. The van der Waals surface area contributed by atoms with Crippen LogP contribution in [0.3, 0.4) is 0 Å². The van der Waals surface area contributed by atoms with Crippen LogP contribution in [0.5, 0.6) is 0 Å².